The first-order valence-electron chi connectivity index (χ1n) is 5.18. The van der Waals surface area contributed by atoms with Crippen LogP contribution in [0.3, 0.4) is 0 Å². The molecule has 2 aromatic rings. The van der Waals surface area contributed by atoms with E-state index in [1.54, 1.807) is 23.7 Å². The Hall–Kier alpha value is -1.88. The molecular weight excluding hydrogens is 259 g/mol. The minimum Gasteiger partial charge on any atom is -0.481 e. The van der Waals surface area contributed by atoms with Crippen LogP contribution in [-0.2, 0) is 18.3 Å². The van der Waals surface area contributed by atoms with Gasteiger partial charge >= 0.3 is 5.97 Å². The predicted molar refractivity (Wildman–Crippen MR) is 65.0 cm³/mol. The number of aromatic nitrogens is 2. The smallest absolute Gasteiger partial charge is 0.309 e. The average molecular weight is 269 g/mol. The molecule has 0 fully saturated rings. The lowest BCUT2D eigenvalue weighted by molar-refractivity contribution is -0.136. The fraction of sp³-hybridized carbons (Fsp3) is 0.167. The molecule has 0 bridgehead atoms. The number of carbonyl (C=O) groups is 1. The number of carboxylic acids is 1. The molecule has 0 radical (unpaired) electrons. The van der Waals surface area contributed by atoms with Crippen LogP contribution in [0.25, 0.3) is 11.4 Å². The first kappa shape index (κ1) is 12.6. The quantitative estimate of drug-likeness (QED) is 0.931. The molecule has 1 heterocycles. The number of carboxylic acid groups (broad SMARTS) is 1. The summed E-state index contributed by atoms with van der Waals surface area (Å²) in [6.45, 7) is 0. The number of halogens is 2. The van der Waals surface area contributed by atoms with Crippen molar-refractivity contribution in [3.8, 4) is 11.4 Å². The molecule has 1 aromatic carbocycles. The third kappa shape index (κ3) is 2.36. The zero-order chi connectivity index (χ0) is 13.3. The molecule has 0 aliphatic heterocycles. The van der Waals surface area contributed by atoms with Gasteiger partial charge in [0.25, 0.3) is 0 Å². The van der Waals surface area contributed by atoms with Crippen LogP contribution < -0.4 is 0 Å². The molecule has 0 saturated heterocycles. The summed E-state index contributed by atoms with van der Waals surface area (Å²) >= 11 is 5.91. The monoisotopic (exact) mass is 268 g/mol. The maximum absolute atomic E-state index is 12.8. The van der Waals surface area contributed by atoms with Crippen LogP contribution in [0.4, 0.5) is 4.39 Å². The topological polar surface area (TPSA) is 55.1 Å². The molecule has 0 spiro atoms. The number of rotatable bonds is 3. The highest BCUT2D eigenvalue weighted by atomic mass is 35.5. The van der Waals surface area contributed by atoms with Gasteiger partial charge in [-0.05, 0) is 24.3 Å². The second kappa shape index (κ2) is 4.78. The van der Waals surface area contributed by atoms with Crippen LogP contribution in [0.5, 0.6) is 0 Å². The van der Waals surface area contributed by atoms with Crippen molar-refractivity contribution in [1.29, 1.82) is 0 Å². The molecule has 0 saturated carbocycles. The Morgan fingerprint density at radius 1 is 1.44 bits per heavy atom. The van der Waals surface area contributed by atoms with Crippen molar-refractivity contribution in [1.82, 2.24) is 9.55 Å². The van der Waals surface area contributed by atoms with Gasteiger partial charge in [0, 0.05) is 12.6 Å². The molecule has 0 aliphatic rings. The van der Waals surface area contributed by atoms with E-state index in [4.69, 9.17) is 16.7 Å². The molecule has 2 rings (SSSR count). The van der Waals surface area contributed by atoms with Crippen LogP contribution in [0, 0.1) is 5.82 Å². The van der Waals surface area contributed by atoms with Crippen molar-refractivity contribution in [3.05, 3.63) is 40.9 Å². The molecule has 4 nitrogen and oxygen atoms in total. The summed E-state index contributed by atoms with van der Waals surface area (Å²) < 4.78 is 14.4. The number of benzene rings is 1. The Morgan fingerprint density at radius 3 is 2.61 bits per heavy atom. The highest BCUT2D eigenvalue weighted by molar-refractivity contribution is 6.30. The standard InChI is InChI=1S/C12H10ClFN2O2/c1-16-9(6-10(17)18)11(13)15-12(16)7-2-4-8(14)5-3-7/h2-5H,6H2,1H3,(H,17,18). The lowest BCUT2D eigenvalue weighted by Gasteiger charge is -2.04. The van der Waals surface area contributed by atoms with Gasteiger partial charge in [0.15, 0.2) is 5.15 Å². The molecule has 6 heteroatoms. The Kier molecular flexibility index (Phi) is 3.34. The third-order valence-electron chi connectivity index (χ3n) is 2.59. The summed E-state index contributed by atoms with van der Waals surface area (Å²) in [7, 11) is 1.68. The predicted octanol–water partition coefficient (Wildman–Crippen LogP) is 2.51. The van der Waals surface area contributed by atoms with Gasteiger partial charge in [0.2, 0.25) is 0 Å². The maximum atomic E-state index is 12.8. The van der Waals surface area contributed by atoms with Gasteiger partial charge in [0.05, 0.1) is 12.1 Å². The first-order valence-corrected chi connectivity index (χ1v) is 5.55. The van der Waals surface area contributed by atoms with Gasteiger partial charge in [-0.1, -0.05) is 11.6 Å². The Balaban J connectivity index is 2.46. The van der Waals surface area contributed by atoms with E-state index in [0.717, 1.165) is 0 Å². The van der Waals surface area contributed by atoms with E-state index in [0.29, 0.717) is 17.1 Å². The van der Waals surface area contributed by atoms with E-state index >= 15 is 0 Å². The van der Waals surface area contributed by atoms with Gasteiger partial charge in [-0.2, -0.15) is 0 Å². The van der Waals surface area contributed by atoms with E-state index in [-0.39, 0.29) is 17.4 Å². The van der Waals surface area contributed by atoms with Gasteiger partial charge < -0.3 is 9.67 Å². The third-order valence-corrected chi connectivity index (χ3v) is 2.89. The van der Waals surface area contributed by atoms with Crippen molar-refractivity contribution < 1.29 is 14.3 Å². The highest BCUT2D eigenvalue weighted by Crippen LogP contribution is 2.25. The van der Waals surface area contributed by atoms with Crippen molar-refractivity contribution in [2.24, 2.45) is 7.05 Å². The molecule has 94 valence electrons. The normalized spacial score (nSPS) is 10.6. The largest absolute Gasteiger partial charge is 0.481 e. The van der Waals surface area contributed by atoms with Crippen LogP contribution in [-0.4, -0.2) is 20.6 Å². The number of hydrogen-bond acceptors (Lipinski definition) is 2. The number of hydrogen-bond donors (Lipinski definition) is 1. The van der Waals surface area contributed by atoms with E-state index < -0.39 is 5.97 Å². The second-order valence-corrected chi connectivity index (χ2v) is 4.17. The molecule has 0 aliphatic carbocycles. The minimum absolute atomic E-state index is 0.152. The number of nitrogens with zero attached hydrogens (tertiary/aromatic N) is 2. The van der Waals surface area contributed by atoms with E-state index in [1.165, 1.54) is 12.1 Å². The zero-order valence-corrected chi connectivity index (χ0v) is 10.3. The summed E-state index contributed by atoms with van der Waals surface area (Å²) in [4.78, 5) is 14.8. The van der Waals surface area contributed by atoms with Crippen LogP contribution in [0.15, 0.2) is 24.3 Å². The van der Waals surface area contributed by atoms with Crippen LogP contribution in [0.1, 0.15) is 5.69 Å². The average Bonchev–Trinajstić information content (AvgIpc) is 2.58. The summed E-state index contributed by atoms with van der Waals surface area (Å²) in [5.74, 6) is -0.813. The maximum Gasteiger partial charge on any atom is 0.309 e. The Bertz CT molecular complexity index is 593. The Morgan fingerprint density at radius 2 is 2.06 bits per heavy atom. The fourth-order valence-electron chi connectivity index (χ4n) is 1.69. The minimum atomic E-state index is -0.981. The second-order valence-electron chi connectivity index (χ2n) is 3.81. The lowest BCUT2D eigenvalue weighted by Crippen LogP contribution is -2.06. The van der Waals surface area contributed by atoms with Gasteiger partial charge in [-0.3, -0.25) is 4.79 Å². The Labute approximate surface area is 108 Å². The van der Waals surface area contributed by atoms with Crippen molar-refractivity contribution in [2.75, 3.05) is 0 Å². The van der Waals surface area contributed by atoms with Gasteiger partial charge in [-0.25, -0.2) is 9.37 Å². The first-order chi connectivity index (χ1) is 8.49. The molecule has 0 amide bonds. The number of imidazole rings is 1. The molecule has 1 aromatic heterocycles. The zero-order valence-electron chi connectivity index (χ0n) is 9.52. The van der Waals surface area contributed by atoms with Gasteiger partial charge in [0.1, 0.15) is 11.6 Å². The van der Waals surface area contributed by atoms with E-state index in [1.807, 2.05) is 0 Å². The SMILES string of the molecule is Cn1c(-c2ccc(F)cc2)nc(Cl)c1CC(=O)O. The molecule has 0 atom stereocenters. The fourth-order valence-corrected chi connectivity index (χ4v) is 1.96. The van der Waals surface area contributed by atoms with Crippen molar-refractivity contribution in [3.63, 3.8) is 0 Å². The van der Waals surface area contributed by atoms with Crippen LogP contribution >= 0.6 is 11.6 Å². The summed E-state index contributed by atoms with van der Waals surface area (Å²) in [6.07, 6.45) is -0.205. The van der Waals surface area contributed by atoms with Crippen molar-refractivity contribution >= 4 is 17.6 Å². The molecule has 0 unspecified atom stereocenters. The van der Waals surface area contributed by atoms with E-state index in [2.05, 4.69) is 4.98 Å². The van der Waals surface area contributed by atoms with Crippen molar-refractivity contribution in [2.45, 2.75) is 6.42 Å². The molecule has 1 N–H and O–H groups in total. The lowest BCUT2D eigenvalue weighted by atomic mass is 10.2. The van der Waals surface area contributed by atoms with Crippen LogP contribution in [0.2, 0.25) is 5.15 Å². The van der Waals surface area contributed by atoms with Gasteiger partial charge in [-0.15, -0.1) is 0 Å². The summed E-state index contributed by atoms with van der Waals surface area (Å²) in [6, 6.07) is 5.76. The molecule has 18 heavy (non-hydrogen) atoms. The molecular formula is C12H10ClFN2O2. The highest BCUT2D eigenvalue weighted by Gasteiger charge is 2.16. The number of aliphatic carboxylic acids is 1. The summed E-state index contributed by atoms with van der Waals surface area (Å²) in [5.41, 5.74) is 1.10. The van der Waals surface area contributed by atoms with E-state index in [9.17, 15) is 9.18 Å². The summed E-state index contributed by atoms with van der Waals surface area (Å²) in [5, 5.41) is 8.93.